The molecule has 8 aromatic carbocycles. The SMILES string of the molecule is c1ccc(-c2cc(-c3cccc4c3-c3ccccc3C43c4ccccc4-c4ccccc43)cc(-c3cccc(-c4cccc5c4sc4ccccc45)c3)n2)cc1. The molecule has 0 amide bonds. The van der Waals surface area contributed by atoms with E-state index in [9.17, 15) is 0 Å². The third kappa shape index (κ3) is 4.39. The molecule has 2 aliphatic rings. The molecule has 0 bridgehead atoms. The first-order chi connectivity index (χ1) is 27.8. The van der Waals surface area contributed by atoms with Gasteiger partial charge >= 0.3 is 0 Å². The van der Waals surface area contributed by atoms with Crippen LogP contribution < -0.4 is 0 Å². The zero-order valence-electron chi connectivity index (χ0n) is 30.4. The number of nitrogens with zero attached hydrogens (tertiary/aromatic N) is 1. The Morgan fingerprint density at radius 2 is 0.857 bits per heavy atom. The van der Waals surface area contributed by atoms with Crippen LogP contribution >= 0.6 is 11.3 Å². The van der Waals surface area contributed by atoms with Gasteiger partial charge in [-0.2, -0.15) is 0 Å². The molecular weight excluding hydrogens is 695 g/mol. The highest BCUT2D eigenvalue weighted by molar-refractivity contribution is 7.26. The average Bonchev–Trinajstić information content (AvgIpc) is 3.91. The molecular formula is C54H33NS. The highest BCUT2D eigenvalue weighted by Crippen LogP contribution is 2.64. The van der Waals surface area contributed by atoms with Gasteiger partial charge in [0.15, 0.2) is 0 Å². The number of benzene rings is 8. The molecule has 2 heterocycles. The maximum atomic E-state index is 5.40. The second-order valence-electron chi connectivity index (χ2n) is 15.0. The van der Waals surface area contributed by atoms with Crippen molar-refractivity contribution in [1.82, 2.24) is 4.98 Å². The molecule has 0 saturated heterocycles. The minimum atomic E-state index is -0.394. The van der Waals surface area contributed by atoms with Crippen LogP contribution in [-0.4, -0.2) is 4.98 Å². The fourth-order valence-corrected chi connectivity index (χ4v) is 11.0. The maximum absolute atomic E-state index is 5.40. The summed E-state index contributed by atoms with van der Waals surface area (Å²) in [5, 5.41) is 2.62. The lowest BCUT2D eigenvalue weighted by Gasteiger charge is -2.30. The fourth-order valence-electron chi connectivity index (χ4n) is 9.80. The van der Waals surface area contributed by atoms with Gasteiger partial charge in [0.25, 0.3) is 0 Å². The van der Waals surface area contributed by atoms with Gasteiger partial charge in [-0.3, -0.25) is 0 Å². The van der Waals surface area contributed by atoms with Crippen LogP contribution in [0.3, 0.4) is 0 Å². The molecule has 0 N–H and O–H groups in total. The molecule has 10 aromatic rings. The predicted octanol–water partition coefficient (Wildman–Crippen LogP) is 14.5. The van der Waals surface area contributed by atoms with E-state index in [-0.39, 0.29) is 0 Å². The maximum Gasteiger partial charge on any atom is 0.0725 e. The Hall–Kier alpha value is -6.87. The highest BCUT2D eigenvalue weighted by Gasteiger charge is 2.51. The standard InChI is InChI=1S/C54H33NS/c1-2-15-34(16-3-1)49-32-37(33-50(55-49)36-18-12-17-35(31-36)39-24-13-25-43-42-21-7-11-30-51(42)56-53(39)43)38-23-14-29-48-52(38)44-22-6-10-28-47(44)54(48)45-26-8-4-19-40(45)41-20-5-9-27-46(41)54/h1-33H. The summed E-state index contributed by atoms with van der Waals surface area (Å²) in [7, 11) is 0. The van der Waals surface area contributed by atoms with Gasteiger partial charge in [0, 0.05) is 31.3 Å². The molecule has 2 aliphatic carbocycles. The summed E-state index contributed by atoms with van der Waals surface area (Å²) >= 11 is 1.87. The molecule has 2 heteroatoms. The molecule has 0 saturated carbocycles. The second kappa shape index (κ2) is 12.1. The van der Waals surface area contributed by atoms with Crippen LogP contribution in [0.4, 0.5) is 0 Å². The number of rotatable bonds is 4. The first-order valence-corrected chi connectivity index (χ1v) is 20.1. The molecule has 0 unspecified atom stereocenters. The molecule has 1 spiro atoms. The van der Waals surface area contributed by atoms with Crippen LogP contribution in [0.25, 0.3) is 87.2 Å². The molecule has 0 aliphatic heterocycles. The van der Waals surface area contributed by atoms with Crippen molar-refractivity contribution in [2.45, 2.75) is 5.41 Å². The van der Waals surface area contributed by atoms with E-state index < -0.39 is 5.41 Å². The van der Waals surface area contributed by atoms with Crippen LogP contribution in [0, 0.1) is 0 Å². The van der Waals surface area contributed by atoms with E-state index in [1.807, 2.05) is 11.3 Å². The fraction of sp³-hybridized carbons (Fsp3) is 0.0185. The lowest BCUT2D eigenvalue weighted by molar-refractivity contribution is 0.794. The van der Waals surface area contributed by atoms with Crippen LogP contribution in [0.1, 0.15) is 22.3 Å². The van der Waals surface area contributed by atoms with Crippen LogP contribution in [0.2, 0.25) is 0 Å². The molecule has 0 fully saturated rings. The Kier molecular flexibility index (Phi) is 6.78. The minimum Gasteiger partial charge on any atom is -0.248 e. The molecule has 1 nitrogen and oxygen atoms in total. The number of thiophene rings is 1. The first-order valence-electron chi connectivity index (χ1n) is 19.3. The first kappa shape index (κ1) is 31.5. The zero-order chi connectivity index (χ0) is 36.8. The lowest BCUT2D eigenvalue weighted by atomic mass is 9.70. The van der Waals surface area contributed by atoms with Crippen molar-refractivity contribution in [1.29, 1.82) is 0 Å². The van der Waals surface area contributed by atoms with E-state index in [4.69, 9.17) is 4.98 Å². The van der Waals surface area contributed by atoms with E-state index in [1.165, 1.54) is 81.4 Å². The lowest BCUT2D eigenvalue weighted by Crippen LogP contribution is -2.25. The van der Waals surface area contributed by atoms with E-state index in [1.54, 1.807) is 0 Å². The monoisotopic (exact) mass is 727 g/mol. The van der Waals surface area contributed by atoms with Crippen molar-refractivity contribution in [3.8, 4) is 67.0 Å². The summed E-state index contributed by atoms with van der Waals surface area (Å²) in [5.74, 6) is 0. The van der Waals surface area contributed by atoms with Crippen molar-refractivity contribution >= 4 is 31.5 Å². The van der Waals surface area contributed by atoms with Gasteiger partial charge in [0.1, 0.15) is 0 Å². The van der Waals surface area contributed by atoms with Crippen molar-refractivity contribution in [2.75, 3.05) is 0 Å². The third-order valence-electron chi connectivity index (χ3n) is 12.1. The van der Waals surface area contributed by atoms with E-state index >= 15 is 0 Å². The Morgan fingerprint density at radius 3 is 1.64 bits per heavy atom. The molecule has 260 valence electrons. The number of hydrogen-bond donors (Lipinski definition) is 0. The van der Waals surface area contributed by atoms with Crippen LogP contribution in [-0.2, 0) is 5.41 Å². The van der Waals surface area contributed by atoms with Gasteiger partial charge in [0.2, 0.25) is 0 Å². The Labute approximate surface area is 329 Å². The number of fused-ring (bicyclic) bond motifs is 13. The summed E-state index contributed by atoms with van der Waals surface area (Å²) in [6, 6.07) is 73.7. The molecule has 12 rings (SSSR count). The number of aromatic nitrogens is 1. The molecule has 0 atom stereocenters. The van der Waals surface area contributed by atoms with E-state index in [0.717, 1.165) is 28.1 Å². The topological polar surface area (TPSA) is 12.9 Å². The largest absolute Gasteiger partial charge is 0.248 e. The molecule has 0 radical (unpaired) electrons. The van der Waals surface area contributed by atoms with Crippen molar-refractivity contribution < 1.29 is 0 Å². The average molecular weight is 728 g/mol. The van der Waals surface area contributed by atoms with E-state index in [2.05, 4.69) is 200 Å². The van der Waals surface area contributed by atoms with Crippen molar-refractivity contribution in [2.24, 2.45) is 0 Å². The number of hydrogen-bond acceptors (Lipinski definition) is 2. The summed E-state index contributed by atoms with van der Waals surface area (Å²) < 4.78 is 2.64. The van der Waals surface area contributed by atoms with Crippen LogP contribution in [0.15, 0.2) is 200 Å². The van der Waals surface area contributed by atoms with Crippen molar-refractivity contribution in [3.05, 3.63) is 222 Å². The Morgan fingerprint density at radius 1 is 0.339 bits per heavy atom. The van der Waals surface area contributed by atoms with Crippen LogP contribution in [0.5, 0.6) is 0 Å². The van der Waals surface area contributed by atoms with Gasteiger partial charge in [-0.1, -0.05) is 176 Å². The predicted molar refractivity (Wildman–Crippen MR) is 235 cm³/mol. The summed E-state index contributed by atoms with van der Waals surface area (Å²) in [6.45, 7) is 0. The summed E-state index contributed by atoms with van der Waals surface area (Å²) in [4.78, 5) is 5.40. The van der Waals surface area contributed by atoms with Gasteiger partial charge in [-0.15, -0.1) is 11.3 Å². The highest BCUT2D eigenvalue weighted by atomic mass is 32.1. The molecule has 56 heavy (non-hydrogen) atoms. The number of pyridine rings is 1. The summed E-state index contributed by atoms with van der Waals surface area (Å²) in [5.41, 5.74) is 19.2. The van der Waals surface area contributed by atoms with Gasteiger partial charge in [0.05, 0.1) is 16.8 Å². The molecule has 2 aromatic heterocycles. The zero-order valence-corrected chi connectivity index (χ0v) is 31.2. The van der Waals surface area contributed by atoms with Crippen molar-refractivity contribution in [3.63, 3.8) is 0 Å². The smallest absolute Gasteiger partial charge is 0.0725 e. The normalized spacial score (nSPS) is 13.1. The van der Waals surface area contributed by atoms with Gasteiger partial charge in [-0.05, 0) is 91.0 Å². The third-order valence-corrected chi connectivity index (χ3v) is 13.3. The van der Waals surface area contributed by atoms with Gasteiger partial charge in [-0.25, -0.2) is 4.98 Å². The van der Waals surface area contributed by atoms with Gasteiger partial charge < -0.3 is 0 Å². The minimum absolute atomic E-state index is 0.394. The van der Waals surface area contributed by atoms with E-state index in [0.29, 0.717) is 0 Å². The second-order valence-corrected chi connectivity index (χ2v) is 16.0. The quantitative estimate of drug-likeness (QED) is 0.176. The summed E-state index contributed by atoms with van der Waals surface area (Å²) in [6.07, 6.45) is 0. The Bertz CT molecular complexity index is 3160. The Balaban J connectivity index is 1.09.